The van der Waals surface area contributed by atoms with Crippen LogP contribution in [0.1, 0.15) is 57.7 Å². The van der Waals surface area contributed by atoms with Gasteiger partial charge in [-0.25, -0.2) is 0 Å². The Kier molecular flexibility index (Phi) is 6.76. The smallest absolute Gasteiger partial charge is 0.124 e. The van der Waals surface area contributed by atoms with Crippen LogP contribution in [0.3, 0.4) is 0 Å². The molecule has 0 aromatic heterocycles. The normalized spacial score (nSPS) is 12.3. The molecule has 0 saturated heterocycles. The van der Waals surface area contributed by atoms with Crippen LogP contribution in [0.2, 0.25) is 5.02 Å². The van der Waals surface area contributed by atoms with Gasteiger partial charge in [0.05, 0.1) is 0 Å². The molecule has 0 aliphatic carbocycles. The van der Waals surface area contributed by atoms with E-state index in [1.165, 1.54) is 11.1 Å². The highest BCUT2D eigenvalue weighted by Gasteiger charge is 2.25. The van der Waals surface area contributed by atoms with Crippen LogP contribution in [-0.4, -0.2) is 5.54 Å². The molecule has 1 N–H and O–H groups in total. The fourth-order valence-electron chi connectivity index (χ4n) is 3.51. The second-order valence-corrected chi connectivity index (χ2v) is 9.44. The molecule has 0 saturated carbocycles. The minimum Gasteiger partial charge on any atom is -0.489 e. The van der Waals surface area contributed by atoms with Crippen molar-refractivity contribution in [3.8, 4) is 5.75 Å². The van der Waals surface area contributed by atoms with Crippen LogP contribution in [0, 0.1) is 12.3 Å². The monoisotopic (exact) mass is 373 g/mol. The van der Waals surface area contributed by atoms with Crippen molar-refractivity contribution in [2.45, 2.75) is 66.7 Å². The molecule has 3 heteroatoms. The van der Waals surface area contributed by atoms with Crippen molar-refractivity contribution < 1.29 is 4.74 Å². The van der Waals surface area contributed by atoms with E-state index in [2.05, 4.69) is 71.1 Å². The number of hydrogen-bond acceptors (Lipinski definition) is 2. The predicted molar refractivity (Wildman–Crippen MR) is 112 cm³/mol. The summed E-state index contributed by atoms with van der Waals surface area (Å²) in [4.78, 5) is 0. The van der Waals surface area contributed by atoms with Gasteiger partial charge in [-0.1, -0.05) is 62.2 Å². The van der Waals surface area contributed by atoms with Crippen LogP contribution in [0.5, 0.6) is 5.75 Å². The quantitative estimate of drug-likeness (QED) is 0.595. The van der Waals surface area contributed by atoms with E-state index in [4.69, 9.17) is 16.3 Å². The maximum absolute atomic E-state index is 6.23. The van der Waals surface area contributed by atoms with Crippen LogP contribution in [0.4, 0.5) is 0 Å². The summed E-state index contributed by atoms with van der Waals surface area (Å²) >= 11 is 6.23. The third kappa shape index (κ3) is 7.01. The van der Waals surface area contributed by atoms with Gasteiger partial charge < -0.3 is 10.1 Å². The molecule has 0 atom stereocenters. The van der Waals surface area contributed by atoms with Crippen molar-refractivity contribution in [1.82, 2.24) is 5.32 Å². The van der Waals surface area contributed by atoms with Crippen molar-refractivity contribution in [2.75, 3.05) is 0 Å². The van der Waals surface area contributed by atoms with Crippen molar-refractivity contribution in [2.24, 2.45) is 5.41 Å². The van der Waals surface area contributed by atoms with E-state index in [1.54, 1.807) is 0 Å². The first-order valence-corrected chi connectivity index (χ1v) is 9.64. The summed E-state index contributed by atoms with van der Waals surface area (Å²) < 4.78 is 6.10. The van der Waals surface area contributed by atoms with Crippen LogP contribution in [0.25, 0.3) is 0 Å². The minimum absolute atomic E-state index is 0.0361. The number of aryl methyl sites for hydroxylation is 1. The first-order valence-electron chi connectivity index (χ1n) is 9.26. The van der Waals surface area contributed by atoms with Crippen molar-refractivity contribution in [3.63, 3.8) is 0 Å². The summed E-state index contributed by atoms with van der Waals surface area (Å²) in [5.41, 5.74) is 3.82. The van der Waals surface area contributed by atoms with Gasteiger partial charge in [0.15, 0.2) is 0 Å². The molecule has 2 aromatic carbocycles. The average molecular weight is 374 g/mol. The molecule has 0 heterocycles. The minimum atomic E-state index is 0.0361. The Morgan fingerprint density at radius 1 is 1.00 bits per heavy atom. The summed E-state index contributed by atoms with van der Waals surface area (Å²) in [5, 5.41) is 4.40. The van der Waals surface area contributed by atoms with Crippen LogP contribution in [-0.2, 0) is 13.2 Å². The van der Waals surface area contributed by atoms with Gasteiger partial charge in [0.25, 0.3) is 0 Å². The van der Waals surface area contributed by atoms with Crippen molar-refractivity contribution in [1.29, 1.82) is 0 Å². The predicted octanol–water partition coefficient (Wildman–Crippen LogP) is 6.53. The van der Waals surface area contributed by atoms with E-state index in [-0.39, 0.29) is 11.0 Å². The summed E-state index contributed by atoms with van der Waals surface area (Å²) in [6, 6.07) is 14.2. The van der Waals surface area contributed by atoms with Gasteiger partial charge >= 0.3 is 0 Å². The van der Waals surface area contributed by atoms with Crippen LogP contribution >= 0.6 is 11.6 Å². The molecule has 0 amide bonds. The fourth-order valence-corrected chi connectivity index (χ4v) is 3.71. The molecule has 0 aliphatic rings. The first kappa shape index (κ1) is 20.8. The average Bonchev–Trinajstić information content (AvgIpc) is 2.50. The lowest BCUT2D eigenvalue weighted by molar-refractivity contribution is 0.238. The Bertz CT molecular complexity index is 731. The van der Waals surface area contributed by atoms with Gasteiger partial charge in [-0.2, -0.15) is 0 Å². The third-order valence-electron chi connectivity index (χ3n) is 4.23. The maximum Gasteiger partial charge on any atom is 0.124 e. The lowest BCUT2D eigenvalue weighted by Gasteiger charge is -2.33. The Morgan fingerprint density at radius 2 is 1.73 bits per heavy atom. The number of rotatable bonds is 7. The Balaban J connectivity index is 2.07. The summed E-state index contributed by atoms with van der Waals surface area (Å²) in [6.07, 6.45) is 1.08. The third-order valence-corrected chi connectivity index (χ3v) is 4.46. The molecule has 0 bridgehead atoms. The summed E-state index contributed by atoms with van der Waals surface area (Å²) in [5.74, 6) is 0.884. The van der Waals surface area contributed by atoms with Gasteiger partial charge in [0, 0.05) is 22.7 Å². The highest BCUT2D eigenvalue weighted by Crippen LogP contribution is 2.29. The zero-order valence-electron chi connectivity index (χ0n) is 16.9. The number of nitrogens with one attached hydrogen (secondary N) is 1. The first-order chi connectivity index (χ1) is 12.0. The topological polar surface area (TPSA) is 21.3 Å². The molecule has 26 heavy (non-hydrogen) atoms. The van der Waals surface area contributed by atoms with Crippen LogP contribution in [0.15, 0.2) is 42.5 Å². The maximum atomic E-state index is 6.23. The van der Waals surface area contributed by atoms with E-state index >= 15 is 0 Å². The highest BCUT2D eigenvalue weighted by atomic mass is 35.5. The number of halogens is 1. The molecule has 0 radical (unpaired) electrons. The zero-order chi connectivity index (χ0) is 19.4. The van der Waals surface area contributed by atoms with E-state index in [9.17, 15) is 0 Å². The molecule has 2 rings (SSSR count). The SMILES string of the molecule is Cc1cccc(COc2ccc(Cl)cc2CNC(C)(C)CC(C)(C)C)c1. The Labute approximate surface area is 163 Å². The van der Waals surface area contributed by atoms with E-state index in [1.807, 2.05) is 18.2 Å². The van der Waals surface area contributed by atoms with E-state index < -0.39 is 0 Å². The van der Waals surface area contributed by atoms with E-state index in [0.717, 1.165) is 29.3 Å². The molecule has 0 spiro atoms. The second-order valence-electron chi connectivity index (χ2n) is 9.00. The lowest BCUT2D eigenvalue weighted by atomic mass is 9.82. The molecular weight excluding hydrogens is 342 g/mol. The van der Waals surface area contributed by atoms with Gasteiger partial charge in [0.1, 0.15) is 12.4 Å². The zero-order valence-corrected chi connectivity index (χ0v) is 17.7. The molecule has 2 nitrogen and oxygen atoms in total. The molecular formula is C23H32ClNO. The number of benzene rings is 2. The molecule has 0 fully saturated rings. The summed E-state index contributed by atoms with van der Waals surface area (Å²) in [7, 11) is 0. The standard InChI is InChI=1S/C23H32ClNO/c1-17-8-7-9-18(12-17)15-26-21-11-10-20(24)13-19(21)14-25-23(5,6)16-22(2,3)4/h7-13,25H,14-16H2,1-6H3. The Morgan fingerprint density at radius 3 is 2.38 bits per heavy atom. The second kappa shape index (κ2) is 8.45. The highest BCUT2D eigenvalue weighted by molar-refractivity contribution is 6.30. The van der Waals surface area contributed by atoms with Gasteiger partial charge in [-0.15, -0.1) is 0 Å². The van der Waals surface area contributed by atoms with E-state index in [0.29, 0.717) is 6.61 Å². The van der Waals surface area contributed by atoms with Gasteiger partial charge in [0.2, 0.25) is 0 Å². The van der Waals surface area contributed by atoms with Crippen molar-refractivity contribution >= 4 is 11.6 Å². The number of hydrogen-bond donors (Lipinski definition) is 1. The largest absolute Gasteiger partial charge is 0.489 e. The molecule has 2 aromatic rings. The van der Waals surface area contributed by atoms with Gasteiger partial charge in [-0.05, 0) is 56.4 Å². The molecule has 0 aliphatic heterocycles. The van der Waals surface area contributed by atoms with Crippen LogP contribution < -0.4 is 10.1 Å². The number of ether oxygens (including phenoxy) is 1. The summed E-state index contributed by atoms with van der Waals surface area (Å²) in [6.45, 7) is 14.7. The lowest BCUT2D eigenvalue weighted by Crippen LogP contribution is -2.41. The van der Waals surface area contributed by atoms with Gasteiger partial charge in [-0.3, -0.25) is 0 Å². The Hall–Kier alpha value is -1.51. The molecule has 142 valence electrons. The molecule has 0 unspecified atom stereocenters. The fraction of sp³-hybridized carbons (Fsp3) is 0.478. The van der Waals surface area contributed by atoms with Crippen molar-refractivity contribution in [3.05, 3.63) is 64.2 Å².